The highest BCUT2D eigenvalue weighted by molar-refractivity contribution is 5.95. The summed E-state index contributed by atoms with van der Waals surface area (Å²) in [6.45, 7) is 1.79. The van der Waals surface area contributed by atoms with Crippen LogP contribution in [0.1, 0.15) is 28.9 Å². The van der Waals surface area contributed by atoms with Gasteiger partial charge in [-0.3, -0.25) is 4.79 Å². The molecule has 1 aromatic carbocycles. The Labute approximate surface area is 116 Å². The van der Waals surface area contributed by atoms with Crippen LogP contribution in [0.25, 0.3) is 0 Å². The smallest absolute Gasteiger partial charge is 0.251 e. The maximum Gasteiger partial charge on any atom is 0.251 e. The van der Waals surface area contributed by atoms with Gasteiger partial charge < -0.3 is 10.7 Å². The fraction of sp³-hybridized carbons (Fsp3) is 0.143. The number of benzene rings is 1. The molecule has 0 aliphatic carbocycles. The van der Waals surface area contributed by atoms with Crippen LogP contribution in [0, 0.1) is 5.82 Å². The molecule has 1 unspecified atom stereocenters. The SMILES string of the molecule is CC(NC(=O)c1ccnc(NN)c1)c1cccc(F)c1. The lowest BCUT2D eigenvalue weighted by Crippen LogP contribution is -2.27. The zero-order valence-corrected chi connectivity index (χ0v) is 10.9. The van der Waals surface area contributed by atoms with Gasteiger partial charge in [-0.25, -0.2) is 15.2 Å². The molecule has 5 nitrogen and oxygen atoms in total. The number of amides is 1. The summed E-state index contributed by atoms with van der Waals surface area (Å²) < 4.78 is 13.1. The summed E-state index contributed by atoms with van der Waals surface area (Å²) in [6, 6.07) is 8.93. The topological polar surface area (TPSA) is 80.0 Å². The molecular formula is C14H15FN4O. The number of pyridine rings is 1. The predicted octanol–water partition coefficient (Wildman–Crippen LogP) is 2.00. The summed E-state index contributed by atoms with van der Waals surface area (Å²) in [5.74, 6) is 5.03. The molecule has 2 rings (SSSR count). The van der Waals surface area contributed by atoms with Crippen molar-refractivity contribution in [1.82, 2.24) is 10.3 Å². The molecule has 4 N–H and O–H groups in total. The molecule has 20 heavy (non-hydrogen) atoms. The van der Waals surface area contributed by atoms with Crippen molar-refractivity contribution in [3.8, 4) is 0 Å². The van der Waals surface area contributed by atoms with Crippen LogP contribution >= 0.6 is 0 Å². The number of halogens is 1. The van der Waals surface area contributed by atoms with Gasteiger partial charge in [-0.15, -0.1) is 0 Å². The van der Waals surface area contributed by atoms with E-state index in [1.54, 1.807) is 25.1 Å². The summed E-state index contributed by atoms with van der Waals surface area (Å²) in [7, 11) is 0. The van der Waals surface area contributed by atoms with Crippen LogP contribution in [0.2, 0.25) is 0 Å². The monoisotopic (exact) mass is 274 g/mol. The van der Waals surface area contributed by atoms with Crippen LogP contribution in [0.3, 0.4) is 0 Å². The van der Waals surface area contributed by atoms with E-state index in [0.29, 0.717) is 16.9 Å². The number of nitrogens with one attached hydrogen (secondary N) is 2. The Morgan fingerprint density at radius 1 is 1.35 bits per heavy atom. The Morgan fingerprint density at radius 2 is 2.15 bits per heavy atom. The van der Waals surface area contributed by atoms with E-state index in [4.69, 9.17) is 5.84 Å². The summed E-state index contributed by atoms with van der Waals surface area (Å²) in [6.07, 6.45) is 1.48. The molecule has 6 heteroatoms. The highest BCUT2D eigenvalue weighted by Gasteiger charge is 2.12. The molecule has 1 aromatic heterocycles. The highest BCUT2D eigenvalue weighted by Crippen LogP contribution is 2.14. The first-order valence-corrected chi connectivity index (χ1v) is 6.09. The van der Waals surface area contributed by atoms with Gasteiger partial charge in [0.1, 0.15) is 11.6 Å². The summed E-state index contributed by atoms with van der Waals surface area (Å²) >= 11 is 0. The third-order valence-electron chi connectivity index (χ3n) is 2.87. The van der Waals surface area contributed by atoms with E-state index in [1.165, 1.54) is 24.4 Å². The van der Waals surface area contributed by atoms with Crippen molar-refractivity contribution in [2.24, 2.45) is 5.84 Å². The minimum Gasteiger partial charge on any atom is -0.346 e. The molecule has 0 aliphatic heterocycles. The number of carbonyl (C=O) groups excluding carboxylic acids is 1. The Morgan fingerprint density at radius 3 is 2.85 bits per heavy atom. The minimum atomic E-state index is -0.331. The van der Waals surface area contributed by atoms with Crippen LogP contribution in [0.4, 0.5) is 10.2 Å². The van der Waals surface area contributed by atoms with E-state index >= 15 is 0 Å². The van der Waals surface area contributed by atoms with Crippen molar-refractivity contribution in [3.05, 3.63) is 59.5 Å². The Kier molecular flexibility index (Phi) is 4.27. The number of nitrogens with zero attached hydrogens (tertiary/aromatic N) is 1. The van der Waals surface area contributed by atoms with E-state index in [1.807, 2.05) is 0 Å². The number of aromatic nitrogens is 1. The van der Waals surface area contributed by atoms with Crippen LogP contribution in [0.5, 0.6) is 0 Å². The van der Waals surface area contributed by atoms with Crippen molar-refractivity contribution in [2.45, 2.75) is 13.0 Å². The van der Waals surface area contributed by atoms with E-state index in [2.05, 4.69) is 15.7 Å². The van der Waals surface area contributed by atoms with Crippen LogP contribution in [0.15, 0.2) is 42.6 Å². The Balaban J connectivity index is 2.10. The number of hydrogen-bond acceptors (Lipinski definition) is 4. The number of hydrogen-bond donors (Lipinski definition) is 3. The normalized spacial score (nSPS) is 11.8. The molecule has 0 bridgehead atoms. The lowest BCUT2D eigenvalue weighted by atomic mass is 10.1. The van der Waals surface area contributed by atoms with Gasteiger partial charge in [0, 0.05) is 11.8 Å². The van der Waals surface area contributed by atoms with Crippen LogP contribution in [-0.2, 0) is 0 Å². The second-order valence-corrected chi connectivity index (χ2v) is 4.32. The maximum atomic E-state index is 13.1. The zero-order chi connectivity index (χ0) is 14.5. The first-order valence-electron chi connectivity index (χ1n) is 6.09. The van der Waals surface area contributed by atoms with Gasteiger partial charge >= 0.3 is 0 Å². The maximum absolute atomic E-state index is 13.1. The number of nitrogen functional groups attached to an aromatic ring is 1. The van der Waals surface area contributed by atoms with Crippen molar-refractivity contribution in [3.63, 3.8) is 0 Å². The summed E-state index contributed by atoms with van der Waals surface area (Å²) in [5, 5.41) is 2.79. The van der Waals surface area contributed by atoms with Gasteiger partial charge in [0.25, 0.3) is 5.91 Å². The van der Waals surface area contributed by atoms with Gasteiger partial charge in [-0.05, 0) is 36.8 Å². The second kappa shape index (κ2) is 6.12. The van der Waals surface area contributed by atoms with Gasteiger partial charge in [0.15, 0.2) is 0 Å². The number of rotatable bonds is 4. The predicted molar refractivity (Wildman–Crippen MR) is 74.3 cm³/mol. The zero-order valence-electron chi connectivity index (χ0n) is 10.9. The van der Waals surface area contributed by atoms with Gasteiger partial charge in [0.2, 0.25) is 0 Å². The average Bonchev–Trinajstić information content (AvgIpc) is 2.47. The first kappa shape index (κ1) is 14.0. The number of carbonyl (C=O) groups is 1. The lowest BCUT2D eigenvalue weighted by Gasteiger charge is -2.14. The van der Waals surface area contributed by atoms with Crippen LogP contribution < -0.4 is 16.6 Å². The van der Waals surface area contributed by atoms with Crippen molar-refractivity contribution >= 4 is 11.7 Å². The molecule has 0 spiro atoms. The summed E-state index contributed by atoms with van der Waals surface area (Å²) in [5.41, 5.74) is 3.50. The van der Waals surface area contributed by atoms with E-state index in [9.17, 15) is 9.18 Å². The van der Waals surface area contributed by atoms with Gasteiger partial charge in [0.05, 0.1) is 6.04 Å². The quantitative estimate of drug-likeness (QED) is 0.588. The molecule has 0 fully saturated rings. The van der Waals surface area contributed by atoms with Crippen molar-refractivity contribution in [2.75, 3.05) is 5.43 Å². The van der Waals surface area contributed by atoms with Gasteiger partial charge in [-0.2, -0.15) is 0 Å². The molecule has 2 aromatic rings. The number of anilines is 1. The van der Waals surface area contributed by atoms with E-state index in [0.717, 1.165) is 0 Å². The molecule has 0 saturated heterocycles. The minimum absolute atomic E-state index is 0.277. The Hall–Kier alpha value is -2.47. The van der Waals surface area contributed by atoms with Crippen molar-refractivity contribution < 1.29 is 9.18 Å². The Bertz CT molecular complexity index is 618. The molecule has 0 saturated carbocycles. The average molecular weight is 274 g/mol. The van der Waals surface area contributed by atoms with Gasteiger partial charge in [-0.1, -0.05) is 12.1 Å². The first-order chi connectivity index (χ1) is 9.60. The number of nitrogens with two attached hydrogens (primary N) is 1. The molecular weight excluding hydrogens is 259 g/mol. The molecule has 104 valence electrons. The molecule has 0 aliphatic rings. The van der Waals surface area contributed by atoms with Crippen molar-refractivity contribution in [1.29, 1.82) is 0 Å². The summed E-state index contributed by atoms with van der Waals surface area (Å²) in [4.78, 5) is 16.0. The highest BCUT2D eigenvalue weighted by atomic mass is 19.1. The molecule has 0 radical (unpaired) electrons. The number of hydrazine groups is 1. The fourth-order valence-corrected chi connectivity index (χ4v) is 1.79. The molecule has 1 amide bonds. The standard InChI is InChI=1S/C14H15FN4O/c1-9(10-3-2-4-12(15)7-10)18-14(20)11-5-6-17-13(8-11)19-16/h2-9H,16H2,1H3,(H,17,19)(H,18,20). The third-order valence-corrected chi connectivity index (χ3v) is 2.87. The second-order valence-electron chi connectivity index (χ2n) is 4.32. The third kappa shape index (κ3) is 3.30. The lowest BCUT2D eigenvalue weighted by molar-refractivity contribution is 0.0939. The molecule has 1 atom stereocenters. The molecule has 1 heterocycles. The van der Waals surface area contributed by atoms with E-state index < -0.39 is 0 Å². The fourth-order valence-electron chi connectivity index (χ4n) is 1.79. The van der Waals surface area contributed by atoms with Crippen LogP contribution in [-0.4, -0.2) is 10.9 Å². The largest absolute Gasteiger partial charge is 0.346 e. The van der Waals surface area contributed by atoms with E-state index in [-0.39, 0.29) is 17.8 Å².